The highest BCUT2D eigenvalue weighted by molar-refractivity contribution is 6.10. The zero-order valence-corrected chi connectivity index (χ0v) is 15.2. The Morgan fingerprint density at radius 2 is 1.77 bits per heavy atom. The summed E-state index contributed by atoms with van der Waals surface area (Å²) in [6, 6.07) is 7.22. The van der Waals surface area contributed by atoms with Gasteiger partial charge in [-0.3, -0.25) is 14.4 Å². The number of esters is 1. The van der Waals surface area contributed by atoms with Gasteiger partial charge in [0.1, 0.15) is 17.8 Å². The van der Waals surface area contributed by atoms with E-state index in [1.807, 2.05) is 19.1 Å². The van der Waals surface area contributed by atoms with E-state index < -0.39 is 23.4 Å². The van der Waals surface area contributed by atoms with E-state index in [1.165, 1.54) is 6.33 Å². The number of rotatable bonds is 5. The number of hydrogen-bond acceptors (Lipinski definition) is 5. The molecule has 26 heavy (non-hydrogen) atoms. The van der Waals surface area contributed by atoms with Crippen LogP contribution in [-0.2, 0) is 9.53 Å². The number of imidazole rings is 1. The summed E-state index contributed by atoms with van der Waals surface area (Å²) in [5.74, 6) is -1.73. The lowest BCUT2D eigenvalue weighted by Gasteiger charge is -2.19. The molecule has 0 unspecified atom stereocenters. The van der Waals surface area contributed by atoms with E-state index >= 15 is 0 Å². The summed E-state index contributed by atoms with van der Waals surface area (Å²) >= 11 is 0. The summed E-state index contributed by atoms with van der Waals surface area (Å²) in [7, 11) is 0. The quantitative estimate of drug-likeness (QED) is 0.708. The number of anilines is 1. The number of ether oxygens (including phenoxy) is 1. The van der Waals surface area contributed by atoms with Crippen molar-refractivity contribution in [1.29, 1.82) is 0 Å². The Hall–Kier alpha value is -3.16. The van der Waals surface area contributed by atoms with Crippen molar-refractivity contribution in [2.45, 2.75) is 33.3 Å². The Morgan fingerprint density at radius 3 is 2.38 bits per heavy atom. The Balaban J connectivity index is 2.00. The standard InChI is InChI=1S/C18H22N4O4/c1-11-5-7-12(8-6-11)22-17(25)15-14(20-10-21-15)16(24)19-9-13(23)26-18(2,3)4/h5-8,10H,9H2,1-4H3,(H,19,24)(H,20,21)(H,22,25). The molecule has 0 spiro atoms. The number of aromatic nitrogens is 2. The molecule has 8 heteroatoms. The van der Waals surface area contributed by atoms with Crippen molar-refractivity contribution < 1.29 is 19.1 Å². The van der Waals surface area contributed by atoms with E-state index in [0.717, 1.165) is 5.56 Å². The molecular formula is C18H22N4O4. The molecule has 2 rings (SSSR count). The summed E-state index contributed by atoms with van der Waals surface area (Å²) in [6.07, 6.45) is 1.24. The van der Waals surface area contributed by atoms with E-state index in [-0.39, 0.29) is 17.9 Å². The molecular weight excluding hydrogens is 336 g/mol. The minimum atomic E-state index is -0.644. The average Bonchev–Trinajstić information content (AvgIpc) is 3.03. The minimum Gasteiger partial charge on any atom is -0.459 e. The smallest absolute Gasteiger partial charge is 0.325 e. The van der Waals surface area contributed by atoms with Crippen LogP contribution in [0.1, 0.15) is 47.3 Å². The average molecular weight is 358 g/mol. The number of H-pyrrole nitrogens is 1. The Kier molecular flexibility index (Phi) is 5.76. The van der Waals surface area contributed by atoms with Crippen LogP contribution in [0.5, 0.6) is 0 Å². The molecule has 1 heterocycles. The fraction of sp³-hybridized carbons (Fsp3) is 0.333. The normalized spacial score (nSPS) is 10.9. The maximum Gasteiger partial charge on any atom is 0.325 e. The van der Waals surface area contributed by atoms with Gasteiger partial charge >= 0.3 is 5.97 Å². The lowest BCUT2D eigenvalue weighted by molar-refractivity contribution is -0.153. The maximum atomic E-state index is 12.3. The van der Waals surface area contributed by atoms with Crippen molar-refractivity contribution in [3.63, 3.8) is 0 Å². The van der Waals surface area contributed by atoms with Crippen LogP contribution in [-0.4, -0.2) is 39.9 Å². The molecule has 0 bridgehead atoms. The van der Waals surface area contributed by atoms with Crippen molar-refractivity contribution in [1.82, 2.24) is 15.3 Å². The van der Waals surface area contributed by atoms with E-state index in [1.54, 1.807) is 32.9 Å². The van der Waals surface area contributed by atoms with Gasteiger partial charge in [0.2, 0.25) is 0 Å². The van der Waals surface area contributed by atoms with E-state index in [4.69, 9.17) is 4.74 Å². The predicted octanol–water partition coefficient (Wildman–Crippen LogP) is 2.04. The number of benzene rings is 1. The van der Waals surface area contributed by atoms with Gasteiger partial charge in [0, 0.05) is 5.69 Å². The zero-order valence-electron chi connectivity index (χ0n) is 15.2. The highest BCUT2D eigenvalue weighted by Gasteiger charge is 2.22. The first kappa shape index (κ1) is 19.2. The lowest BCUT2D eigenvalue weighted by atomic mass is 10.2. The summed E-state index contributed by atoms with van der Waals surface area (Å²) in [5.41, 5.74) is 0.911. The third-order valence-electron chi connectivity index (χ3n) is 3.20. The maximum absolute atomic E-state index is 12.3. The molecule has 138 valence electrons. The van der Waals surface area contributed by atoms with Crippen LogP contribution in [0.3, 0.4) is 0 Å². The number of carbonyl (C=O) groups excluding carboxylic acids is 3. The third-order valence-corrected chi connectivity index (χ3v) is 3.20. The molecule has 0 aliphatic heterocycles. The van der Waals surface area contributed by atoms with E-state index in [0.29, 0.717) is 5.69 Å². The van der Waals surface area contributed by atoms with Gasteiger partial charge in [-0.25, -0.2) is 4.98 Å². The van der Waals surface area contributed by atoms with Crippen molar-refractivity contribution in [2.75, 3.05) is 11.9 Å². The highest BCUT2D eigenvalue weighted by Crippen LogP contribution is 2.12. The summed E-state index contributed by atoms with van der Waals surface area (Å²) < 4.78 is 5.11. The molecule has 1 aromatic carbocycles. The molecule has 0 radical (unpaired) electrons. The molecule has 8 nitrogen and oxygen atoms in total. The number of nitrogens with zero attached hydrogens (tertiary/aromatic N) is 1. The molecule has 0 saturated carbocycles. The van der Waals surface area contributed by atoms with Crippen LogP contribution in [0.2, 0.25) is 0 Å². The fourth-order valence-electron chi connectivity index (χ4n) is 2.09. The van der Waals surface area contributed by atoms with Crippen LogP contribution < -0.4 is 10.6 Å². The highest BCUT2D eigenvalue weighted by atomic mass is 16.6. The first-order valence-corrected chi connectivity index (χ1v) is 8.07. The van der Waals surface area contributed by atoms with Gasteiger partial charge in [-0.15, -0.1) is 0 Å². The molecule has 3 N–H and O–H groups in total. The SMILES string of the molecule is Cc1ccc(NC(=O)c2nc[nH]c2C(=O)NCC(=O)OC(C)(C)C)cc1. The van der Waals surface area contributed by atoms with Gasteiger partial charge in [0.25, 0.3) is 11.8 Å². The van der Waals surface area contributed by atoms with Gasteiger partial charge in [0.15, 0.2) is 5.69 Å². The first-order valence-electron chi connectivity index (χ1n) is 8.07. The number of carbonyl (C=O) groups is 3. The minimum absolute atomic E-state index is 0.0295. The van der Waals surface area contributed by atoms with E-state index in [9.17, 15) is 14.4 Å². The van der Waals surface area contributed by atoms with Gasteiger partial charge < -0.3 is 20.4 Å². The Bertz CT molecular complexity index is 803. The van der Waals surface area contributed by atoms with Crippen LogP contribution in [0, 0.1) is 6.92 Å². The van der Waals surface area contributed by atoms with Crippen molar-refractivity contribution >= 4 is 23.5 Å². The van der Waals surface area contributed by atoms with Crippen molar-refractivity contribution in [3.8, 4) is 0 Å². The molecule has 0 atom stereocenters. The second-order valence-electron chi connectivity index (χ2n) is 6.72. The Labute approximate surface area is 151 Å². The fourth-order valence-corrected chi connectivity index (χ4v) is 2.09. The molecule has 2 aromatic rings. The summed E-state index contributed by atoms with van der Waals surface area (Å²) in [6.45, 7) is 6.82. The van der Waals surface area contributed by atoms with Crippen LogP contribution in [0.15, 0.2) is 30.6 Å². The lowest BCUT2D eigenvalue weighted by Crippen LogP contribution is -2.35. The molecule has 2 amide bonds. The second-order valence-corrected chi connectivity index (χ2v) is 6.72. The van der Waals surface area contributed by atoms with Gasteiger partial charge in [-0.1, -0.05) is 17.7 Å². The molecule has 0 saturated heterocycles. The van der Waals surface area contributed by atoms with Gasteiger partial charge in [0.05, 0.1) is 6.33 Å². The molecule has 0 fully saturated rings. The van der Waals surface area contributed by atoms with Crippen LogP contribution in [0.25, 0.3) is 0 Å². The van der Waals surface area contributed by atoms with E-state index in [2.05, 4.69) is 20.6 Å². The number of hydrogen-bond donors (Lipinski definition) is 3. The number of amides is 2. The number of aromatic amines is 1. The largest absolute Gasteiger partial charge is 0.459 e. The summed E-state index contributed by atoms with van der Waals surface area (Å²) in [4.78, 5) is 42.8. The molecule has 0 aliphatic rings. The second kappa shape index (κ2) is 7.81. The third kappa shape index (κ3) is 5.44. The first-order chi connectivity index (χ1) is 12.2. The molecule has 0 aliphatic carbocycles. The zero-order chi connectivity index (χ0) is 19.3. The number of nitrogens with one attached hydrogen (secondary N) is 3. The van der Waals surface area contributed by atoms with Crippen molar-refractivity contribution in [3.05, 3.63) is 47.5 Å². The van der Waals surface area contributed by atoms with Gasteiger partial charge in [-0.2, -0.15) is 0 Å². The number of aryl methyl sites for hydroxylation is 1. The predicted molar refractivity (Wildman–Crippen MR) is 95.9 cm³/mol. The topological polar surface area (TPSA) is 113 Å². The van der Waals surface area contributed by atoms with Crippen molar-refractivity contribution in [2.24, 2.45) is 0 Å². The Morgan fingerprint density at radius 1 is 1.12 bits per heavy atom. The van der Waals surface area contributed by atoms with Gasteiger partial charge in [-0.05, 0) is 39.8 Å². The van der Waals surface area contributed by atoms with Crippen LogP contribution >= 0.6 is 0 Å². The van der Waals surface area contributed by atoms with Crippen LogP contribution in [0.4, 0.5) is 5.69 Å². The molecule has 1 aromatic heterocycles. The monoisotopic (exact) mass is 358 g/mol. The summed E-state index contributed by atoms with van der Waals surface area (Å²) in [5, 5.41) is 5.08.